The van der Waals surface area contributed by atoms with Gasteiger partial charge in [-0.25, -0.2) is 0 Å². The number of rotatable bonds is 4. The predicted octanol–water partition coefficient (Wildman–Crippen LogP) is 2.57. The average molecular weight is 245 g/mol. The summed E-state index contributed by atoms with van der Waals surface area (Å²) < 4.78 is 0. The van der Waals surface area contributed by atoms with Gasteiger partial charge in [0.2, 0.25) is 0 Å². The molecule has 1 aromatic rings. The third kappa shape index (κ3) is 2.83. The van der Waals surface area contributed by atoms with Crippen LogP contribution in [0.3, 0.4) is 0 Å². The molecule has 0 atom stereocenters. The highest BCUT2D eigenvalue weighted by molar-refractivity contribution is 5.47. The molecule has 1 aliphatic heterocycles. The lowest BCUT2D eigenvalue weighted by Gasteiger charge is -2.22. The van der Waals surface area contributed by atoms with Crippen molar-refractivity contribution in [2.45, 2.75) is 45.7 Å². The lowest BCUT2D eigenvalue weighted by atomic mass is 9.93. The van der Waals surface area contributed by atoms with Gasteiger partial charge in [0.15, 0.2) is 0 Å². The van der Waals surface area contributed by atoms with Gasteiger partial charge in [-0.15, -0.1) is 0 Å². The van der Waals surface area contributed by atoms with Crippen LogP contribution in [0, 0.1) is 5.41 Å². The molecule has 3 rings (SSSR count). The molecule has 0 amide bonds. The van der Waals surface area contributed by atoms with Crippen molar-refractivity contribution in [2.75, 3.05) is 18.0 Å². The molecule has 3 heteroatoms. The van der Waals surface area contributed by atoms with Crippen molar-refractivity contribution in [1.29, 1.82) is 0 Å². The molecule has 0 aromatic carbocycles. The van der Waals surface area contributed by atoms with Crippen LogP contribution in [-0.4, -0.2) is 24.1 Å². The Hall–Kier alpha value is -1.09. The number of anilines is 1. The van der Waals surface area contributed by atoms with Gasteiger partial charge in [-0.1, -0.05) is 13.8 Å². The molecule has 2 heterocycles. The van der Waals surface area contributed by atoms with Crippen LogP contribution in [0.1, 0.15) is 38.8 Å². The number of aromatic nitrogens is 1. The van der Waals surface area contributed by atoms with Gasteiger partial charge in [0.25, 0.3) is 0 Å². The molecular formula is C15H23N3. The van der Waals surface area contributed by atoms with E-state index in [4.69, 9.17) is 0 Å². The number of pyridine rings is 1. The van der Waals surface area contributed by atoms with Crippen LogP contribution in [-0.2, 0) is 6.54 Å². The fourth-order valence-corrected chi connectivity index (χ4v) is 2.63. The molecule has 1 aliphatic carbocycles. The second kappa shape index (κ2) is 4.54. The van der Waals surface area contributed by atoms with Crippen molar-refractivity contribution in [3.63, 3.8) is 0 Å². The minimum Gasteiger partial charge on any atom is -0.371 e. The van der Waals surface area contributed by atoms with E-state index < -0.39 is 0 Å². The van der Waals surface area contributed by atoms with E-state index in [2.05, 4.69) is 41.2 Å². The highest BCUT2D eigenvalue weighted by Crippen LogP contribution is 2.32. The van der Waals surface area contributed by atoms with Crippen LogP contribution in [0.25, 0.3) is 0 Å². The Kier molecular flexibility index (Phi) is 3.02. The maximum Gasteiger partial charge on any atom is 0.0562 e. The fourth-order valence-electron chi connectivity index (χ4n) is 2.63. The normalized spacial score (nSPS) is 22.4. The quantitative estimate of drug-likeness (QED) is 0.883. The number of hydrogen-bond donors (Lipinski definition) is 1. The first-order chi connectivity index (χ1) is 8.62. The molecular weight excluding hydrogens is 222 g/mol. The molecule has 18 heavy (non-hydrogen) atoms. The van der Waals surface area contributed by atoms with Crippen molar-refractivity contribution in [3.05, 3.63) is 24.0 Å². The van der Waals surface area contributed by atoms with Gasteiger partial charge in [0, 0.05) is 37.6 Å². The van der Waals surface area contributed by atoms with Crippen molar-refractivity contribution in [3.8, 4) is 0 Å². The molecule has 2 aliphatic rings. The van der Waals surface area contributed by atoms with E-state index in [0.717, 1.165) is 19.1 Å². The van der Waals surface area contributed by atoms with Crippen LogP contribution in [0.2, 0.25) is 0 Å². The lowest BCUT2D eigenvalue weighted by Crippen LogP contribution is -2.23. The number of nitrogens with zero attached hydrogens (tertiary/aromatic N) is 2. The maximum atomic E-state index is 4.46. The van der Waals surface area contributed by atoms with E-state index >= 15 is 0 Å². The summed E-state index contributed by atoms with van der Waals surface area (Å²) in [5.74, 6) is 0. The van der Waals surface area contributed by atoms with Gasteiger partial charge in [-0.3, -0.25) is 4.98 Å². The molecule has 0 spiro atoms. The van der Waals surface area contributed by atoms with Gasteiger partial charge in [0.1, 0.15) is 0 Å². The standard InChI is InChI=1S/C15H23N3/c1-15(2)6-8-18(11-15)14-5-7-16-13(9-14)10-17-12-3-4-12/h5,7,9,12,17H,3-4,6,8,10-11H2,1-2H3. The van der Waals surface area contributed by atoms with Crippen LogP contribution in [0.4, 0.5) is 5.69 Å². The SMILES string of the molecule is CC1(C)CCN(c2ccnc(CNC3CC3)c2)C1. The molecule has 2 fully saturated rings. The third-order valence-corrected chi connectivity index (χ3v) is 3.99. The lowest BCUT2D eigenvalue weighted by molar-refractivity contribution is 0.418. The maximum absolute atomic E-state index is 4.46. The van der Waals surface area contributed by atoms with Crippen molar-refractivity contribution in [1.82, 2.24) is 10.3 Å². The Bertz CT molecular complexity index is 424. The number of hydrogen-bond acceptors (Lipinski definition) is 3. The van der Waals surface area contributed by atoms with Gasteiger partial charge in [-0.2, -0.15) is 0 Å². The first-order valence-electron chi connectivity index (χ1n) is 7.06. The third-order valence-electron chi connectivity index (χ3n) is 3.99. The Morgan fingerprint density at radius 3 is 2.94 bits per heavy atom. The fraction of sp³-hybridized carbons (Fsp3) is 0.667. The van der Waals surface area contributed by atoms with E-state index in [1.54, 1.807) is 0 Å². The summed E-state index contributed by atoms with van der Waals surface area (Å²) in [5.41, 5.74) is 2.96. The Balaban J connectivity index is 1.66. The zero-order chi connectivity index (χ0) is 12.6. The first-order valence-corrected chi connectivity index (χ1v) is 7.06. The molecule has 0 unspecified atom stereocenters. The zero-order valence-corrected chi connectivity index (χ0v) is 11.4. The molecule has 0 bridgehead atoms. The highest BCUT2D eigenvalue weighted by Gasteiger charge is 2.29. The van der Waals surface area contributed by atoms with Crippen molar-refractivity contribution in [2.24, 2.45) is 5.41 Å². The molecule has 0 radical (unpaired) electrons. The van der Waals surface area contributed by atoms with E-state index in [1.807, 2.05) is 6.20 Å². The van der Waals surface area contributed by atoms with E-state index in [0.29, 0.717) is 5.41 Å². The van der Waals surface area contributed by atoms with Gasteiger partial charge in [0.05, 0.1) is 5.69 Å². The molecule has 1 saturated carbocycles. The van der Waals surface area contributed by atoms with Gasteiger partial charge in [-0.05, 0) is 36.8 Å². The monoisotopic (exact) mass is 245 g/mol. The molecule has 98 valence electrons. The topological polar surface area (TPSA) is 28.2 Å². The number of nitrogens with one attached hydrogen (secondary N) is 1. The summed E-state index contributed by atoms with van der Waals surface area (Å²) in [7, 11) is 0. The van der Waals surface area contributed by atoms with Crippen molar-refractivity contribution >= 4 is 5.69 Å². The Morgan fingerprint density at radius 2 is 2.28 bits per heavy atom. The summed E-state index contributed by atoms with van der Waals surface area (Å²) in [4.78, 5) is 6.95. The largest absolute Gasteiger partial charge is 0.371 e. The summed E-state index contributed by atoms with van der Waals surface area (Å²) in [6, 6.07) is 5.14. The summed E-state index contributed by atoms with van der Waals surface area (Å²) in [5, 5.41) is 3.53. The summed E-state index contributed by atoms with van der Waals surface area (Å²) >= 11 is 0. The van der Waals surface area contributed by atoms with Crippen LogP contribution in [0.5, 0.6) is 0 Å². The van der Waals surface area contributed by atoms with E-state index in [9.17, 15) is 0 Å². The minimum absolute atomic E-state index is 0.454. The molecule has 3 nitrogen and oxygen atoms in total. The van der Waals surface area contributed by atoms with Gasteiger partial charge < -0.3 is 10.2 Å². The summed E-state index contributed by atoms with van der Waals surface area (Å²) in [6.45, 7) is 7.95. The predicted molar refractivity (Wildman–Crippen MR) is 74.7 cm³/mol. The van der Waals surface area contributed by atoms with E-state index in [-0.39, 0.29) is 0 Å². The molecule has 1 aromatic heterocycles. The van der Waals surface area contributed by atoms with Crippen LogP contribution >= 0.6 is 0 Å². The Labute approximate surface area is 110 Å². The first kappa shape index (κ1) is 12.0. The molecule has 1 N–H and O–H groups in total. The molecule has 1 saturated heterocycles. The van der Waals surface area contributed by atoms with E-state index in [1.165, 1.54) is 37.2 Å². The highest BCUT2D eigenvalue weighted by atomic mass is 15.2. The van der Waals surface area contributed by atoms with Crippen LogP contribution in [0.15, 0.2) is 18.3 Å². The second-order valence-corrected chi connectivity index (χ2v) is 6.50. The minimum atomic E-state index is 0.454. The zero-order valence-electron chi connectivity index (χ0n) is 11.4. The second-order valence-electron chi connectivity index (χ2n) is 6.50. The van der Waals surface area contributed by atoms with Crippen molar-refractivity contribution < 1.29 is 0 Å². The average Bonchev–Trinajstić information content (AvgIpc) is 3.10. The smallest absolute Gasteiger partial charge is 0.0562 e. The van der Waals surface area contributed by atoms with Gasteiger partial charge >= 0.3 is 0 Å². The summed E-state index contributed by atoms with van der Waals surface area (Å²) in [6.07, 6.45) is 5.90. The Morgan fingerprint density at radius 1 is 1.44 bits per heavy atom. The van der Waals surface area contributed by atoms with Crippen LogP contribution < -0.4 is 10.2 Å².